The van der Waals surface area contributed by atoms with Crippen molar-refractivity contribution in [2.24, 2.45) is 0 Å². The van der Waals surface area contributed by atoms with Crippen LogP contribution in [-0.2, 0) is 21.1 Å². The lowest BCUT2D eigenvalue weighted by atomic mass is 10.3. The van der Waals surface area contributed by atoms with Crippen LogP contribution in [-0.4, -0.2) is 37.9 Å². The van der Waals surface area contributed by atoms with E-state index in [9.17, 15) is 8.42 Å². The molecule has 0 saturated carbocycles. The highest BCUT2D eigenvalue weighted by Gasteiger charge is 2.15. The fraction of sp³-hybridized carbons (Fsp3) is 0.462. The highest BCUT2D eigenvalue weighted by atomic mass is 32.2. The molecule has 1 N–H and O–H groups in total. The van der Waals surface area contributed by atoms with E-state index in [-0.39, 0.29) is 4.90 Å². The second-order valence-electron chi connectivity index (χ2n) is 4.70. The number of hydrogen-bond acceptors (Lipinski definition) is 4. The van der Waals surface area contributed by atoms with Gasteiger partial charge in [-0.2, -0.15) is 0 Å². The van der Waals surface area contributed by atoms with E-state index < -0.39 is 9.84 Å². The van der Waals surface area contributed by atoms with Crippen molar-refractivity contribution in [3.63, 3.8) is 0 Å². The third-order valence-corrected chi connectivity index (χ3v) is 4.61. The minimum atomic E-state index is -3.27. The van der Waals surface area contributed by atoms with E-state index >= 15 is 0 Å². The Kier molecular flexibility index (Phi) is 4.62. The van der Waals surface area contributed by atoms with Gasteiger partial charge in [0.1, 0.15) is 0 Å². The van der Waals surface area contributed by atoms with Crippen LogP contribution < -0.4 is 0 Å². The first-order valence-electron chi connectivity index (χ1n) is 6.35. The summed E-state index contributed by atoms with van der Waals surface area (Å²) in [5.41, 5.74) is 1.42. The molecule has 0 aliphatic rings. The van der Waals surface area contributed by atoms with Gasteiger partial charge >= 0.3 is 0 Å². The van der Waals surface area contributed by atoms with Gasteiger partial charge in [-0.05, 0) is 37.2 Å². The van der Waals surface area contributed by atoms with Crippen molar-refractivity contribution in [1.29, 1.82) is 0 Å². The van der Waals surface area contributed by atoms with Gasteiger partial charge < -0.3 is 14.3 Å². The zero-order valence-corrected chi connectivity index (χ0v) is 13.2. The molecule has 110 valence electrons. The van der Waals surface area contributed by atoms with E-state index in [0.29, 0.717) is 16.9 Å². The van der Waals surface area contributed by atoms with Gasteiger partial charge in [0, 0.05) is 26.5 Å². The van der Waals surface area contributed by atoms with E-state index in [1.165, 1.54) is 6.26 Å². The fourth-order valence-corrected chi connectivity index (χ4v) is 3.35. The van der Waals surface area contributed by atoms with Crippen molar-refractivity contribution in [3.05, 3.63) is 23.0 Å². The molecule has 0 aliphatic carbocycles. The fourth-order valence-electron chi connectivity index (χ4n) is 2.20. The number of nitrogens with one attached hydrogen (secondary N) is 1. The van der Waals surface area contributed by atoms with Gasteiger partial charge in [0.05, 0.1) is 15.9 Å². The number of para-hydroxylation sites is 1. The Bertz CT molecular complexity index is 760. The Morgan fingerprint density at radius 3 is 2.75 bits per heavy atom. The summed E-state index contributed by atoms with van der Waals surface area (Å²) in [6, 6.07) is 5.22. The topological polar surface area (TPSA) is 64.1 Å². The van der Waals surface area contributed by atoms with Crippen molar-refractivity contribution >= 4 is 33.1 Å². The van der Waals surface area contributed by atoms with E-state index in [1.807, 2.05) is 10.6 Å². The lowest BCUT2D eigenvalue weighted by Gasteiger charge is -2.05. The Balaban J connectivity index is 2.43. The van der Waals surface area contributed by atoms with Crippen LogP contribution in [0.2, 0.25) is 0 Å². The third-order valence-electron chi connectivity index (χ3n) is 3.15. The number of aromatic nitrogens is 2. The average molecular weight is 314 g/mol. The molecule has 7 heteroatoms. The molecule has 20 heavy (non-hydrogen) atoms. The molecule has 0 radical (unpaired) electrons. The number of methoxy groups -OCH3 is 1. The van der Waals surface area contributed by atoms with Crippen molar-refractivity contribution in [2.45, 2.75) is 24.3 Å². The molecule has 2 aromatic rings. The number of imidazole rings is 1. The quantitative estimate of drug-likeness (QED) is 0.657. The van der Waals surface area contributed by atoms with Crippen LogP contribution >= 0.6 is 12.2 Å². The maximum atomic E-state index is 11.8. The zero-order chi connectivity index (χ0) is 14.8. The number of benzene rings is 1. The van der Waals surface area contributed by atoms with E-state index in [1.54, 1.807) is 19.2 Å². The molecule has 0 spiro atoms. The first-order valence-corrected chi connectivity index (χ1v) is 8.65. The molecule has 0 saturated heterocycles. The highest BCUT2D eigenvalue weighted by Crippen LogP contribution is 2.22. The van der Waals surface area contributed by atoms with Gasteiger partial charge in [-0.15, -0.1) is 0 Å². The number of rotatable bonds is 6. The molecule has 1 heterocycles. The number of nitrogens with zero attached hydrogens (tertiary/aromatic N) is 1. The number of hydrogen-bond donors (Lipinski definition) is 1. The van der Waals surface area contributed by atoms with Crippen molar-refractivity contribution in [2.75, 3.05) is 20.0 Å². The monoisotopic (exact) mass is 314 g/mol. The summed E-state index contributed by atoms with van der Waals surface area (Å²) in [4.78, 5) is 3.30. The number of unbranched alkanes of at least 4 members (excludes halogenated alkanes) is 1. The normalized spacial score (nSPS) is 12.1. The molecule has 5 nitrogen and oxygen atoms in total. The van der Waals surface area contributed by atoms with Crippen LogP contribution in [0, 0.1) is 4.77 Å². The number of sulfone groups is 1. The predicted molar refractivity (Wildman–Crippen MR) is 81.3 cm³/mol. The van der Waals surface area contributed by atoms with Crippen LogP contribution in [0.25, 0.3) is 11.0 Å². The second-order valence-corrected chi connectivity index (χ2v) is 7.07. The molecule has 0 atom stereocenters. The molecule has 2 rings (SSSR count). The Hall–Kier alpha value is -1.18. The summed E-state index contributed by atoms with van der Waals surface area (Å²) in [5.74, 6) is 0. The summed E-state index contributed by atoms with van der Waals surface area (Å²) in [6.45, 7) is 1.46. The van der Waals surface area contributed by atoms with Gasteiger partial charge in [0.15, 0.2) is 14.6 Å². The second kappa shape index (κ2) is 6.07. The minimum absolute atomic E-state index is 0.289. The predicted octanol–water partition coefficient (Wildman–Crippen LogP) is 2.53. The summed E-state index contributed by atoms with van der Waals surface area (Å²) in [6.07, 6.45) is 3.07. The summed E-state index contributed by atoms with van der Waals surface area (Å²) in [5, 5.41) is 0. The molecule has 0 amide bonds. The van der Waals surface area contributed by atoms with Gasteiger partial charge in [0.2, 0.25) is 0 Å². The smallest absolute Gasteiger partial charge is 0.178 e. The standard InChI is InChI=1S/C13H18N2O3S2/c1-18-9-4-3-8-15-10-6-5-7-11(20(2,16)17)12(10)14-13(15)19/h5-7H,3-4,8-9H2,1-2H3,(H,14,19). The van der Waals surface area contributed by atoms with Crippen molar-refractivity contribution in [3.8, 4) is 0 Å². The van der Waals surface area contributed by atoms with Gasteiger partial charge in [-0.25, -0.2) is 8.42 Å². The number of aryl methyl sites for hydroxylation is 1. The molecular formula is C13H18N2O3S2. The lowest BCUT2D eigenvalue weighted by molar-refractivity contribution is 0.191. The molecule has 0 fully saturated rings. The van der Waals surface area contributed by atoms with Crippen LogP contribution in [0.1, 0.15) is 12.8 Å². The highest BCUT2D eigenvalue weighted by molar-refractivity contribution is 7.91. The van der Waals surface area contributed by atoms with Crippen LogP contribution in [0.4, 0.5) is 0 Å². The SMILES string of the molecule is COCCCCn1c(=S)[nH]c2c(S(C)(=O)=O)cccc21. The Morgan fingerprint density at radius 1 is 1.35 bits per heavy atom. The van der Waals surface area contributed by atoms with Gasteiger partial charge in [-0.1, -0.05) is 6.07 Å². The molecule has 0 bridgehead atoms. The third kappa shape index (κ3) is 3.11. The summed E-state index contributed by atoms with van der Waals surface area (Å²) >= 11 is 5.29. The van der Waals surface area contributed by atoms with Crippen LogP contribution in [0.15, 0.2) is 23.1 Å². The number of ether oxygens (including phenoxy) is 1. The Morgan fingerprint density at radius 2 is 2.10 bits per heavy atom. The maximum Gasteiger partial charge on any atom is 0.178 e. The number of fused-ring (bicyclic) bond motifs is 1. The molecule has 1 aromatic heterocycles. The number of H-pyrrole nitrogens is 1. The average Bonchev–Trinajstić information content (AvgIpc) is 2.69. The Labute approximate surface area is 123 Å². The first-order chi connectivity index (χ1) is 9.45. The van der Waals surface area contributed by atoms with Crippen LogP contribution in [0.3, 0.4) is 0 Å². The molecular weight excluding hydrogens is 296 g/mol. The lowest BCUT2D eigenvalue weighted by Crippen LogP contribution is -2.01. The minimum Gasteiger partial charge on any atom is -0.385 e. The van der Waals surface area contributed by atoms with Gasteiger partial charge in [0.25, 0.3) is 0 Å². The van der Waals surface area contributed by atoms with Crippen molar-refractivity contribution < 1.29 is 13.2 Å². The maximum absolute atomic E-state index is 11.8. The summed E-state index contributed by atoms with van der Waals surface area (Å²) < 4.78 is 31.1. The van der Waals surface area contributed by atoms with Crippen molar-refractivity contribution in [1.82, 2.24) is 9.55 Å². The van der Waals surface area contributed by atoms with E-state index in [4.69, 9.17) is 17.0 Å². The van der Waals surface area contributed by atoms with E-state index in [0.717, 1.165) is 24.9 Å². The molecule has 0 aliphatic heterocycles. The largest absolute Gasteiger partial charge is 0.385 e. The number of aromatic amines is 1. The first kappa shape index (κ1) is 15.2. The molecule has 0 unspecified atom stereocenters. The zero-order valence-electron chi connectivity index (χ0n) is 11.5. The van der Waals surface area contributed by atoms with Gasteiger partial charge in [-0.3, -0.25) is 0 Å². The summed E-state index contributed by atoms with van der Waals surface area (Å²) in [7, 11) is -1.60. The molecule has 1 aromatic carbocycles. The van der Waals surface area contributed by atoms with E-state index in [2.05, 4.69) is 4.98 Å². The van der Waals surface area contributed by atoms with Crippen LogP contribution in [0.5, 0.6) is 0 Å².